The van der Waals surface area contributed by atoms with E-state index < -0.39 is 0 Å². The third-order valence-corrected chi connectivity index (χ3v) is 3.60. The van der Waals surface area contributed by atoms with Crippen molar-refractivity contribution in [3.05, 3.63) is 59.2 Å². The van der Waals surface area contributed by atoms with E-state index in [1.54, 1.807) is 7.11 Å². The molecule has 0 radical (unpaired) electrons. The average molecular weight is 439 g/mol. The van der Waals surface area contributed by atoms with Crippen LogP contribution in [0.5, 0.6) is 5.75 Å². The van der Waals surface area contributed by atoms with Gasteiger partial charge < -0.3 is 15.8 Å². The second kappa shape index (κ2) is 9.52. The molecule has 24 heavy (non-hydrogen) atoms. The lowest BCUT2D eigenvalue weighted by molar-refractivity contribution is 0.414. The molecule has 0 saturated carbocycles. The van der Waals surface area contributed by atoms with Gasteiger partial charge in [-0.1, -0.05) is 32.0 Å². The van der Waals surface area contributed by atoms with Gasteiger partial charge in [-0.25, -0.2) is 4.99 Å². The first-order chi connectivity index (χ1) is 11.0. The first-order valence-electron chi connectivity index (χ1n) is 7.79. The Balaban J connectivity index is 0.00000288. The van der Waals surface area contributed by atoms with Gasteiger partial charge >= 0.3 is 0 Å². The number of aryl methyl sites for hydroxylation is 1. The minimum absolute atomic E-state index is 0. The molecule has 130 valence electrons. The molecule has 5 heteroatoms. The zero-order chi connectivity index (χ0) is 16.8. The molecular formula is C19H26IN3O. The third kappa shape index (κ3) is 6.03. The second-order valence-corrected chi connectivity index (χ2v) is 5.97. The van der Waals surface area contributed by atoms with E-state index in [9.17, 15) is 0 Å². The van der Waals surface area contributed by atoms with Crippen LogP contribution in [0.25, 0.3) is 0 Å². The van der Waals surface area contributed by atoms with E-state index in [0.29, 0.717) is 18.4 Å². The Hall–Kier alpha value is -1.76. The molecule has 0 amide bonds. The van der Waals surface area contributed by atoms with Gasteiger partial charge in [0, 0.05) is 5.69 Å². The Morgan fingerprint density at radius 3 is 2.62 bits per heavy atom. The van der Waals surface area contributed by atoms with E-state index >= 15 is 0 Å². The Bertz CT molecular complexity index is 699. The van der Waals surface area contributed by atoms with E-state index in [1.165, 1.54) is 5.56 Å². The Morgan fingerprint density at radius 1 is 1.21 bits per heavy atom. The largest absolute Gasteiger partial charge is 0.497 e. The maximum atomic E-state index is 6.00. The van der Waals surface area contributed by atoms with E-state index in [2.05, 4.69) is 42.4 Å². The number of nitrogens with two attached hydrogens (primary N) is 1. The van der Waals surface area contributed by atoms with Crippen molar-refractivity contribution < 1.29 is 4.74 Å². The smallest absolute Gasteiger partial charge is 0.193 e. The van der Waals surface area contributed by atoms with Crippen molar-refractivity contribution in [1.29, 1.82) is 0 Å². The summed E-state index contributed by atoms with van der Waals surface area (Å²) in [4.78, 5) is 4.41. The highest BCUT2D eigenvalue weighted by Gasteiger charge is 2.02. The van der Waals surface area contributed by atoms with Crippen LogP contribution < -0.4 is 15.8 Å². The summed E-state index contributed by atoms with van der Waals surface area (Å²) in [6, 6.07) is 14.3. The molecule has 0 aliphatic rings. The molecule has 0 unspecified atom stereocenters. The van der Waals surface area contributed by atoms with Crippen LogP contribution in [0.3, 0.4) is 0 Å². The van der Waals surface area contributed by atoms with Crippen molar-refractivity contribution in [3.8, 4) is 5.75 Å². The number of anilines is 1. The number of hydrogen-bond donors (Lipinski definition) is 2. The Labute approximate surface area is 161 Å². The lowest BCUT2D eigenvalue weighted by Gasteiger charge is -2.10. The van der Waals surface area contributed by atoms with Crippen LogP contribution in [0, 0.1) is 6.92 Å². The zero-order valence-corrected chi connectivity index (χ0v) is 17.0. The highest BCUT2D eigenvalue weighted by Crippen LogP contribution is 2.19. The van der Waals surface area contributed by atoms with Gasteiger partial charge in [-0.15, -0.1) is 24.0 Å². The third-order valence-electron chi connectivity index (χ3n) is 3.60. The molecule has 0 heterocycles. The molecule has 0 aliphatic carbocycles. The van der Waals surface area contributed by atoms with Gasteiger partial charge in [-0.2, -0.15) is 0 Å². The number of guanidine groups is 1. The highest BCUT2D eigenvalue weighted by molar-refractivity contribution is 14.0. The number of benzene rings is 2. The molecule has 2 aromatic carbocycles. The predicted molar refractivity (Wildman–Crippen MR) is 113 cm³/mol. The van der Waals surface area contributed by atoms with Gasteiger partial charge in [0.15, 0.2) is 5.96 Å². The van der Waals surface area contributed by atoms with Crippen LogP contribution in [0.4, 0.5) is 5.69 Å². The number of nitrogens with zero attached hydrogens (tertiary/aromatic N) is 1. The quantitative estimate of drug-likeness (QED) is 0.405. The van der Waals surface area contributed by atoms with Crippen molar-refractivity contribution in [2.24, 2.45) is 10.7 Å². The molecule has 0 aromatic heterocycles. The van der Waals surface area contributed by atoms with Crippen LogP contribution in [-0.4, -0.2) is 13.1 Å². The monoisotopic (exact) mass is 439 g/mol. The van der Waals surface area contributed by atoms with Crippen molar-refractivity contribution in [2.75, 3.05) is 12.4 Å². The van der Waals surface area contributed by atoms with Crippen LogP contribution in [0.15, 0.2) is 47.5 Å². The number of ether oxygens (including phenoxy) is 1. The van der Waals surface area contributed by atoms with Crippen molar-refractivity contribution in [3.63, 3.8) is 0 Å². The minimum Gasteiger partial charge on any atom is -0.497 e. The summed E-state index contributed by atoms with van der Waals surface area (Å²) in [7, 11) is 1.67. The predicted octanol–water partition coefficient (Wildman–Crippen LogP) is 4.67. The molecule has 0 spiro atoms. The summed E-state index contributed by atoms with van der Waals surface area (Å²) in [5.41, 5.74) is 10.4. The standard InChI is InChI=1S/C19H25N3O.HI/c1-13(2)16-6-5-7-17(11-16)22-19(20)21-12-15-8-14(3)9-18(10-15)23-4;/h5-11,13H,12H2,1-4H3,(H3,20,21,22);1H. The summed E-state index contributed by atoms with van der Waals surface area (Å²) in [6.07, 6.45) is 0. The maximum absolute atomic E-state index is 6.00. The van der Waals surface area contributed by atoms with Gasteiger partial charge in [0.05, 0.1) is 13.7 Å². The maximum Gasteiger partial charge on any atom is 0.193 e. The number of rotatable bonds is 5. The highest BCUT2D eigenvalue weighted by atomic mass is 127. The average Bonchev–Trinajstić information content (AvgIpc) is 2.52. The molecule has 0 fully saturated rings. The fourth-order valence-corrected chi connectivity index (χ4v) is 2.37. The van der Waals surface area contributed by atoms with E-state index in [-0.39, 0.29) is 24.0 Å². The Morgan fingerprint density at radius 2 is 1.96 bits per heavy atom. The molecule has 0 saturated heterocycles. The topological polar surface area (TPSA) is 59.6 Å². The summed E-state index contributed by atoms with van der Waals surface area (Å²) in [5, 5.41) is 3.15. The van der Waals surface area contributed by atoms with Gasteiger partial charge in [-0.3, -0.25) is 0 Å². The first-order valence-corrected chi connectivity index (χ1v) is 7.79. The Kier molecular flexibility index (Phi) is 8.04. The van der Waals surface area contributed by atoms with Crippen LogP contribution in [0.2, 0.25) is 0 Å². The van der Waals surface area contributed by atoms with Crippen LogP contribution in [-0.2, 0) is 6.54 Å². The van der Waals surface area contributed by atoms with Crippen molar-refractivity contribution >= 4 is 35.6 Å². The number of hydrogen-bond acceptors (Lipinski definition) is 2. The van der Waals surface area contributed by atoms with E-state index in [1.807, 2.05) is 31.2 Å². The minimum atomic E-state index is 0. The molecule has 0 aliphatic heterocycles. The van der Waals surface area contributed by atoms with E-state index in [0.717, 1.165) is 22.6 Å². The number of methoxy groups -OCH3 is 1. The molecular weight excluding hydrogens is 413 g/mol. The summed E-state index contributed by atoms with van der Waals surface area (Å²) >= 11 is 0. The lowest BCUT2D eigenvalue weighted by Crippen LogP contribution is -2.22. The van der Waals surface area contributed by atoms with Crippen molar-refractivity contribution in [2.45, 2.75) is 33.2 Å². The first kappa shape index (κ1) is 20.3. The lowest BCUT2D eigenvalue weighted by atomic mass is 10.0. The van der Waals surface area contributed by atoms with Gasteiger partial charge in [0.2, 0.25) is 0 Å². The zero-order valence-electron chi connectivity index (χ0n) is 14.7. The van der Waals surface area contributed by atoms with Gasteiger partial charge in [0.25, 0.3) is 0 Å². The number of nitrogens with one attached hydrogen (secondary N) is 1. The fourth-order valence-electron chi connectivity index (χ4n) is 2.37. The number of aliphatic imine (C=N–C) groups is 1. The summed E-state index contributed by atoms with van der Waals surface area (Å²) in [6.45, 7) is 6.89. The molecule has 2 rings (SSSR count). The summed E-state index contributed by atoms with van der Waals surface area (Å²) < 4.78 is 5.28. The molecule has 2 aromatic rings. The molecule has 0 bridgehead atoms. The van der Waals surface area contributed by atoms with Crippen LogP contribution in [0.1, 0.15) is 36.5 Å². The van der Waals surface area contributed by atoms with Crippen molar-refractivity contribution in [1.82, 2.24) is 0 Å². The van der Waals surface area contributed by atoms with Gasteiger partial charge in [0.1, 0.15) is 5.75 Å². The van der Waals surface area contributed by atoms with Gasteiger partial charge in [-0.05, 0) is 53.8 Å². The molecule has 4 nitrogen and oxygen atoms in total. The second-order valence-electron chi connectivity index (χ2n) is 5.97. The molecule has 0 atom stereocenters. The SMILES string of the molecule is COc1cc(C)cc(CN=C(N)Nc2cccc(C(C)C)c2)c1.I. The van der Waals surface area contributed by atoms with Crippen LogP contribution >= 0.6 is 24.0 Å². The normalized spacial score (nSPS) is 11.1. The van der Waals surface area contributed by atoms with E-state index in [4.69, 9.17) is 10.5 Å². The summed E-state index contributed by atoms with van der Waals surface area (Å²) in [5.74, 6) is 1.73. The molecule has 3 N–H and O–H groups in total. The number of halogens is 1. The fraction of sp³-hybridized carbons (Fsp3) is 0.316.